The summed E-state index contributed by atoms with van der Waals surface area (Å²) >= 11 is 0. The van der Waals surface area contributed by atoms with E-state index in [-0.39, 0.29) is 16.7 Å². The summed E-state index contributed by atoms with van der Waals surface area (Å²) in [6, 6.07) is 18.4. The molecule has 5 nitrogen and oxygen atoms in total. The normalized spacial score (nSPS) is 12.0. The Labute approximate surface area is 127 Å². The van der Waals surface area contributed by atoms with Crippen molar-refractivity contribution in [3.8, 4) is 0 Å². The standard InChI is InChI=1S/C17H15N3O2/c1-12(14-6-4-7-15(11-14)20(21)22)18-17-10-9-13-5-2-3-8-16(13)19-17/h2-12H,1H3,(H,18,19). The van der Waals surface area contributed by atoms with E-state index in [2.05, 4.69) is 10.3 Å². The molecule has 1 heterocycles. The van der Waals surface area contributed by atoms with Crippen LogP contribution in [0.15, 0.2) is 60.7 Å². The molecule has 3 aromatic rings. The summed E-state index contributed by atoms with van der Waals surface area (Å²) in [6.07, 6.45) is 0. The number of para-hydroxylation sites is 1. The van der Waals surface area contributed by atoms with Crippen molar-refractivity contribution in [2.24, 2.45) is 0 Å². The molecule has 5 heteroatoms. The molecule has 0 aliphatic rings. The van der Waals surface area contributed by atoms with Crippen LogP contribution in [-0.2, 0) is 0 Å². The van der Waals surface area contributed by atoms with Crippen molar-refractivity contribution in [3.05, 3.63) is 76.3 Å². The molecule has 110 valence electrons. The number of anilines is 1. The van der Waals surface area contributed by atoms with E-state index in [1.165, 1.54) is 6.07 Å². The number of hydrogen-bond donors (Lipinski definition) is 1. The molecule has 0 aliphatic carbocycles. The monoisotopic (exact) mass is 293 g/mol. The van der Waals surface area contributed by atoms with Crippen LogP contribution in [0, 0.1) is 10.1 Å². The molecule has 3 rings (SSSR count). The number of rotatable bonds is 4. The average Bonchev–Trinajstić information content (AvgIpc) is 2.55. The minimum Gasteiger partial charge on any atom is -0.364 e. The van der Waals surface area contributed by atoms with Gasteiger partial charge in [-0.05, 0) is 30.7 Å². The summed E-state index contributed by atoms with van der Waals surface area (Å²) in [6.45, 7) is 1.95. The SMILES string of the molecule is CC(Nc1ccc2ccccc2n1)c1cccc([N+](=O)[O-])c1. The van der Waals surface area contributed by atoms with Crippen LogP contribution in [0.5, 0.6) is 0 Å². The molecule has 0 radical (unpaired) electrons. The number of nitrogens with zero attached hydrogens (tertiary/aromatic N) is 2. The minimum atomic E-state index is -0.384. The Morgan fingerprint density at radius 3 is 2.73 bits per heavy atom. The van der Waals surface area contributed by atoms with E-state index in [9.17, 15) is 10.1 Å². The van der Waals surface area contributed by atoms with Gasteiger partial charge in [-0.2, -0.15) is 0 Å². The molecule has 0 saturated heterocycles. The highest BCUT2D eigenvalue weighted by Crippen LogP contribution is 2.23. The molecule has 0 aliphatic heterocycles. The van der Waals surface area contributed by atoms with Crippen LogP contribution < -0.4 is 5.32 Å². The Balaban J connectivity index is 1.84. The highest BCUT2D eigenvalue weighted by atomic mass is 16.6. The molecule has 2 aromatic carbocycles. The van der Waals surface area contributed by atoms with Gasteiger partial charge >= 0.3 is 0 Å². The van der Waals surface area contributed by atoms with Gasteiger partial charge in [-0.25, -0.2) is 4.98 Å². The lowest BCUT2D eigenvalue weighted by molar-refractivity contribution is -0.384. The Morgan fingerprint density at radius 2 is 1.91 bits per heavy atom. The lowest BCUT2D eigenvalue weighted by Crippen LogP contribution is -2.08. The van der Waals surface area contributed by atoms with Gasteiger partial charge in [0, 0.05) is 17.5 Å². The second kappa shape index (κ2) is 5.81. The number of nitro groups is 1. The predicted molar refractivity (Wildman–Crippen MR) is 86.9 cm³/mol. The molecule has 0 bridgehead atoms. The van der Waals surface area contributed by atoms with Gasteiger partial charge in [-0.3, -0.25) is 10.1 Å². The van der Waals surface area contributed by atoms with Crippen LogP contribution in [0.25, 0.3) is 10.9 Å². The number of nitrogens with one attached hydrogen (secondary N) is 1. The fourth-order valence-corrected chi connectivity index (χ4v) is 2.36. The third-order valence-corrected chi connectivity index (χ3v) is 3.54. The first-order chi connectivity index (χ1) is 10.6. The zero-order chi connectivity index (χ0) is 15.5. The van der Waals surface area contributed by atoms with Crippen LogP contribution in [-0.4, -0.2) is 9.91 Å². The Morgan fingerprint density at radius 1 is 1.09 bits per heavy atom. The fourth-order valence-electron chi connectivity index (χ4n) is 2.36. The van der Waals surface area contributed by atoms with Crippen LogP contribution in [0.1, 0.15) is 18.5 Å². The zero-order valence-corrected chi connectivity index (χ0v) is 12.1. The van der Waals surface area contributed by atoms with Crippen molar-refractivity contribution in [2.75, 3.05) is 5.32 Å². The summed E-state index contributed by atoms with van der Waals surface area (Å²) in [5, 5.41) is 15.2. The molecule has 0 fully saturated rings. The fraction of sp³-hybridized carbons (Fsp3) is 0.118. The van der Waals surface area contributed by atoms with Gasteiger partial charge in [0.25, 0.3) is 5.69 Å². The molecule has 0 saturated carbocycles. The Hall–Kier alpha value is -2.95. The quantitative estimate of drug-likeness (QED) is 0.574. The van der Waals surface area contributed by atoms with E-state index < -0.39 is 0 Å². The maximum absolute atomic E-state index is 10.9. The molecule has 1 aromatic heterocycles. The molecular formula is C17H15N3O2. The molecule has 0 spiro atoms. The van der Waals surface area contributed by atoms with E-state index in [0.717, 1.165) is 22.3 Å². The van der Waals surface area contributed by atoms with Gasteiger partial charge in [-0.1, -0.05) is 30.3 Å². The highest BCUT2D eigenvalue weighted by Gasteiger charge is 2.11. The largest absolute Gasteiger partial charge is 0.364 e. The van der Waals surface area contributed by atoms with Crippen molar-refractivity contribution in [3.63, 3.8) is 0 Å². The van der Waals surface area contributed by atoms with Crippen LogP contribution in [0.3, 0.4) is 0 Å². The molecule has 1 atom stereocenters. The average molecular weight is 293 g/mol. The second-order valence-corrected chi connectivity index (χ2v) is 5.11. The molecule has 22 heavy (non-hydrogen) atoms. The summed E-state index contributed by atoms with van der Waals surface area (Å²) in [5.74, 6) is 0.748. The van der Waals surface area contributed by atoms with E-state index in [1.54, 1.807) is 12.1 Å². The van der Waals surface area contributed by atoms with Crippen molar-refractivity contribution in [2.45, 2.75) is 13.0 Å². The van der Waals surface area contributed by atoms with Gasteiger partial charge in [0.15, 0.2) is 0 Å². The number of nitro benzene ring substituents is 1. The smallest absolute Gasteiger partial charge is 0.269 e. The molecule has 1 unspecified atom stereocenters. The number of benzene rings is 2. The summed E-state index contributed by atoms with van der Waals surface area (Å²) < 4.78 is 0. The summed E-state index contributed by atoms with van der Waals surface area (Å²) in [7, 11) is 0. The first kappa shape index (κ1) is 14.0. The number of non-ortho nitro benzene ring substituents is 1. The van der Waals surface area contributed by atoms with Gasteiger partial charge in [-0.15, -0.1) is 0 Å². The lowest BCUT2D eigenvalue weighted by atomic mass is 10.1. The van der Waals surface area contributed by atoms with E-state index in [4.69, 9.17) is 0 Å². The van der Waals surface area contributed by atoms with Crippen molar-refractivity contribution in [1.29, 1.82) is 0 Å². The van der Waals surface area contributed by atoms with Gasteiger partial charge in [0.05, 0.1) is 16.5 Å². The number of hydrogen-bond acceptors (Lipinski definition) is 4. The maximum Gasteiger partial charge on any atom is 0.269 e. The van der Waals surface area contributed by atoms with E-state index in [0.29, 0.717) is 0 Å². The number of pyridine rings is 1. The first-order valence-corrected chi connectivity index (χ1v) is 7.00. The highest BCUT2D eigenvalue weighted by molar-refractivity contribution is 5.80. The molecule has 0 amide bonds. The van der Waals surface area contributed by atoms with Crippen molar-refractivity contribution in [1.82, 2.24) is 4.98 Å². The Bertz CT molecular complexity index is 833. The number of aromatic nitrogens is 1. The summed E-state index contributed by atoms with van der Waals surface area (Å²) in [4.78, 5) is 15.0. The third kappa shape index (κ3) is 2.88. The van der Waals surface area contributed by atoms with Crippen LogP contribution in [0.4, 0.5) is 11.5 Å². The lowest BCUT2D eigenvalue weighted by Gasteiger charge is -2.15. The first-order valence-electron chi connectivity index (χ1n) is 7.00. The second-order valence-electron chi connectivity index (χ2n) is 5.11. The van der Waals surface area contributed by atoms with Gasteiger partial charge < -0.3 is 5.32 Å². The zero-order valence-electron chi connectivity index (χ0n) is 12.1. The Kier molecular flexibility index (Phi) is 3.70. The van der Waals surface area contributed by atoms with E-state index in [1.807, 2.05) is 49.4 Å². The maximum atomic E-state index is 10.9. The summed E-state index contributed by atoms with van der Waals surface area (Å²) in [5.41, 5.74) is 1.86. The van der Waals surface area contributed by atoms with Crippen molar-refractivity contribution >= 4 is 22.4 Å². The van der Waals surface area contributed by atoms with Gasteiger partial charge in [0.1, 0.15) is 5.82 Å². The molecule has 1 N–H and O–H groups in total. The minimum absolute atomic E-state index is 0.0754. The van der Waals surface area contributed by atoms with Crippen LogP contribution in [0.2, 0.25) is 0 Å². The van der Waals surface area contributed by atoms with Gasteiger partial charge in [0.2, 0.25) is 0 Å². The van der Waals surface area contributed by atoms with Crippen LogP contribution >= 0.6 is 0 Å². The number of fused-ring (bicyclic) bond motifs is 1. The third-order valence-electron chi connectivity index (χ3n) is 3.54. The predicted octanol–water partition coefficient (Wildman–Crippen LogP) is 4.32. The molecular weight excluding hydrogens is 278 g/mol. The topological polar surface area (TPSA) is 68.1 Å². The van der Waals surface area contributed by atoms with E-state index >= 15 is 0 Å². The van der Waals surface area contributed by atoms with Crippen molar-refractivity contribution < 1.29 is 4.92 Å².